The molecule has 0 spiro atoms. The highest BCUT2D eigenvalue weighted by Gasteiger charge is 2.34. The Morgan fingerprint density at radius 2 is 2.11 bits per heavy atom. The van der Waals surface area contributed by atoms with Crippen LogP contribution in [0.5, 0.6) is 0 Å². The third-order valence-corrected chi connectivity index (χ3v) is 3.53. The van der Waals surface area contributed by atoms with Gasteiger partial charge in [0.05, 0.1) is 17.1 Å². The number of carbonyl (C=O) groups is 1. The Bertz CT molecular complexity index is 328. The van der Waals surface area contributed by atoms with E-state index < -0.39 is 11.7 Å². The molecule has 0 aromatic carbocycles. The summed E-state index contributed by atoms with van der Waals surface area (Å²) in [6.45, 7) is 6.31. The molecule has 1 rings (SSSR count). The zero-order valence-corrected chi connectivity index (χ0v) is 12.2. The number of hydrogen-bond acceptors (Lipinski definition) is 5. The molecule has 1 aliphatic heterocycles. The van der Waals surface area contributed by atoms with Gasteiger partial charge in [-0.25, -0.2) is 4.79 Å². The monoisotopic (exact) mass is 274 g/mol. The average Bonchev–Trinajstić information content (AvgIpc) is 2.26. The molecular formula is C12H22N2O3S. The Labute approximate surface area is 112 Å². The Hall–Kier alpha value is -0.750. The molecule has 1 amide bonds. The molecule has 18 heavy (non-hydrogen) atoms. The van der Waals surface area contributed by atoms with Gasteiger partial charge in [-0.05, 0) is 33.4 Å². The van der Waals surface area contributed by atoms with Crippen molar-refractivity contribution >= 4 is 22.9 Å². The summed E-state index contributed by atoms with van der Waals surface area (Å²) in [5.74, 6) is -0.290. The van der Waals surface area contributed by atoms with Crippen LogP contribution in [0.1, 0.15) is 27.2 Å². The lowest BCUT2D eigenvalue weighted by Crippen LogP contribution is -2.49. The van der Waals surface area contributed by atoms with Crippen LogP contribution in [0.2, 0.25) is 0 Å². The van der Waals surface area contributed by atoms with Gasteiger partial charge in [0.1, 0.15) is 5.60 Å². The van der Waals surface area contributed by atoms with Crippen molar-refractivity contribution in [3.05, 3.63) is 0 Å². The van der Waals surface area contributed by atoms with Crippen LogP contribution in [0.3, 0.4) is 0 Å². The van der Waals surface area contributed by atoms with Crippen molar-refractivity contribution in [1.29, 1.82) is 5.41 Å². The molecule has 0 bridgehead atoms. The van der Waals surface area contributed by atoms with Crippen LogP contribution in [-0.2, 0) is 4.74 Å². The van der Waals surface area contributed by atoms with Crippen LogP contribution < -0.4 is 0 Å². The quantitative estimate of drug-likeness (QED) is 0.566. The molecule has 104 valence electrons. The molecule has 5 nitrogen and oxygen atoms in total. The first-order valence-electron chi connectivity index (χ1n) is 6.03. The molecule has 0 aromatic rings. The summed E-state index contributed by atoms with van der Waals surface area (Å²) in [4.78, 5) is 13.5. The molecule has 0 unspecified atom stereocenters. The van der Waals surface area contributed by atoms with E-state index in [4.69, 9.17) is 10.1 Å². The van der Waals surface area contributed by atoms with Crippen molar-refractivity contribution in [2.24, 2.45) is 5.92 Å². The van der Waals surface area contributed by atoms with Crippen molar-refractivity contribution in [3.8, 4) is 0 Å². The van der Waals surface area contributed by atoms with E-state index in [1.165, 1.54) is 11.8 Å². The van der Waals surface area contributed by atoms with Crippen molar-refractivity contribution < 1.29 is 14.6 Å². The summed E-state index contributed by atoms with van der Waals surface area (Å²) in [6, 6.07) is 0. The highest BCUT2D eigenvalue weighted by atomic mass is 32.2. The first-order chi connectivity index (χ1) is 8.24. The van der Waals surface area contributed by atoms with E-state index in [1.54, 1.807) is 4.90 Å². The van der Waals surface area contributed by atoms with E-state index in [9.17, 15) is 9.90 Å². The van der Waals surface area contributed by atoms with Gasteiger partial charge in [0, 0.05) is 13.1 Å². The number of nitrogens with zero attached hydrogens (tertiary/aromatic N) is 1. The van der Waals surface area contributed by atoms with Crippen LogP contribution in [0.4, 0.5) is 4.79 Å². The summed E-state index contributed by atoms with van der Waals surface area (Å²) >= 11 is 1.31. The summed E-state index contributed by atoms with van der Waals surface area (Å²) < 4.78 is 5.30. The number of carbonyl (C=O) groups excluding carboxylic acids is 1. The number of thioether (sulfide) groups is 1. The highest BCUT2D eigenvalue weighted by molar-refractivity contribution is 8.13. The fourth-order valence-corrected chi connectivity index (χ4v) is 2.38. The molecule has 2 atom stereocenters. The van der Waals surface area contributed by atoms with Gasteiger partial charge in [-0.2, -0.15) is 0 Å². The lowest BCUT2D eigenvalue weighted by atomic mass is 9.96. The molecular weight excluding hydrogens is 252 g/mol. The number of aliphatic hydroxyl groups excluding tert-OH is 1. The van der Waals surface area contributed by atoms with Gasteiger partial charge in [0.25, 0.3) is 0 Å². The van der Waals surface area contributed by atoms with Gasteiger partial charge in [0.2, 0.25) is 0 Å². The van der Waals surface area contributed by atoms with Crippen LogP contribution in [0.15, 0.2) is 0 Å². The van der Waals surface area contributed by atoms with Crippen molar-refractivity contribution in [2.75, 3.05) is 19.3 Å². The fraction of sp³-hybridized carbons (Fsp3) is 0.833. The number of aliphatic hydroxyl groups is 1. The SMILES string of the molecule is CSC(=N)[C@@H]1CN(C(=O)OC(C)(C)C)CC[C@H]1O. The van der Waals surface area contributed by atoms with Crippen LogP contribution in [-0.4, -0.2) is 52.2 Å². The van der Waals surface area contributed by atoms with Crippen molar-refractivity contribution in [1.82, 2.24) is 4.90 Å². The average molecular weight is 274 g/mol. The second kappa shape index (κ2) is 5.93. The maximum atomic E-state index is 11.9. The molecule has 0 aromatic heterocycles. The van der Waals surface area contributed by atoms with Crippen LogP contribution >= 0.6 is 11.8 Å². The molecule has 1 fully saturated rings. The molecule has 0 saturated carbocycles. The van der Waals surface area contributed by atoms with Gasteiger partial charge in [0.15, 0.2) is 0 Å². The maximum Gasteiger partial charge on any atom is 0.410 e. The number of piperidine rings is 1. The van der Waals surface area contributed by atoms with Gasteiger partial charge < -0.3 is 14.7 Å². The Morgan fingerprint density at radius 1 is 1.50 bits per heavy atom. The number of likely N-dealkylation sites (tertiary alicyclic amines) is 1. The van der Waals surface area contributed by atoms with E-state index >= 15 is 0 Å². The largest absolute Gasteiger partial charge is 0.444 e. The predicted octanol–water partition coefficient (Wildman–Crippen LogP) is 1.94. The molecule has 2 N–H and O–H groups in total. The van der Waals surface area contributed by atoms with E-state index in [-0.39, 0.29) is 12.0 Å². The smallest absolute Gasteiger partial charge is 0.410 e. The Balaban J connectivity index is 2.64. The first-order valence-corrected chi connectivity index (χ1v) is 7.25. The Kier molecular flexibility index (Phi) is 5.04. The van der Waals surface area contributed by atoms with E-state index in [0.29, 0.717) is 24.6 Å². The van der Waals surface area contributed by atoms with Gasteiger partial charge in [-0.1, -0.05) is 0 Å². The van der Waals surface area contributed by atoms with Gasteiger partial charge >= 0.3 is 6.09 Å². The minimum atomic E-state index is -0.538. The summed E-state index contributed by atoms with van der Waals surface area (Å²) in [6.07, 6.45) is 1.39. The second-order valence-electron chi connectivity index (χ2n) is 5.46. The standard InChI is InChI=1S/C12H22N2O3S/c1-12(2,3)17-11(16)14-6-5-9(15)8(7-14)10(13)18-4/h8-9,13,15H,5-7H2,1-4H3/t8-,9-/m1/s1. The minimum absolute atomic E-state index is 0.290. The molecule has 0 aliphatic carbocycles. The zero-order chi connectivity index (χ0) is 13.9. The summed E-state index contributed by atoms with van der Waals surface area (Å²) in [5.41, 5.74) is -0.518. The number of nitrogens with one attached hydrogen (secondary N) is 1. The number of ether oxygens (including phenoxy) is 1. The number of amides is 1. The third-order valence-electron chi connectivity index (χ3n) is 2.78. The summed E-state index contributed by atoms with van der Waals surface area (Å²) in [5, 5.41) is 18.1. The first kappa shape index (κ1) is 15.3. The van der Waals surface area contributed by atoms with E-state index in [2.05, 4.69) is 0 Å². The highest BCUT2D eigenvalue weighted by Crippen LogP contribution is 2.23. The molecule has 6 heteroatoms. The van der Waals surface area contributed by atoms with Crippen LogP contribution in [0, 0.1) is 11.3 Å². The molecule has 1 aliphatic rings. The lowest BCUT2D eigenvalue weighted by Gasteiger charge is -2.36. The maximum absolute atomic E-state index is 11.9. The van der Waals surface area contributed by atoms with Crippen LogP contribution in [0.25, 0.3) is 0 Å². The number of hydrogen-bond donors (Lipinski definition) is 2. The number of rotatable bonds is 1. The van der Waals surface area contributed by atoms with E-state index in [1.807, 2.05) is 27.0 Å². The molecule has 1 heterocycles. The third kappa shape index (κ3) is 4.17. The Morgan fingerprint density at radius 3 is 2.61 bits per heavy atom. The minimum Gasteiger partial charge on any atom is -0.444 e. The van der Waals surface area contributed by atoms with Crippen molar-refractivity contribution in [3.63, 3.8) is 0 Å². The van der Waals surface area contributed by atoms with Gasteiger partial charge in [-0.15, -0.1) is 11.8 Å². The lowest BCUT2D eigenvalue weighted by molar-refractivity contribution is 0.00274. The predicted molar refractivity (Wildman–Crippen MR) is 73.2 cm³/mol. The van der Waals surface area contributed by atoms with Crippen molar-refractivity contribution in [2.45, 2.75) is 38.9 Å². The van der Waals surface area contributed by atoms with Gasteiger partial charge in [-0.3, -0.25) is 5.41 Å². The van der Waals surface area contributed by atoms with E-state index in [0.717, 1.165) is 0 Å². The zero-order valence-electron chi connectivity index (χ0n) is 11.4. The molecule has 1 saturated heterocycles. The molecule has 0 radical (unpaired) electrons. The fourth-order valence-electron chi connectivity index (χ4n) is 1.84. The second-order valence-corrected chi connectivity index (χ2v) is 6.31. The normalized spacial score (nSPS) is 24.8. The summed E-state index contributed by atoms with van der Waals surface area (Å²) in [7, 11) is 0. The topological polar surface area (TPSA) is 73.6 Å².